The summed E-state index contributed by atoms with van der Waals surface area (Å²) in [7, 11) is 0. The van der Waals surface area contributed by atoms with Gasteiger partial charge in [-0.05, 0) is 32.4 Å². The van der Waals surface area contributed by atoms with Gasteiger partial charge in [0.25, 0.3) is 0 Å². The van der Waals surface area contributed by atoms with E-state index in [0.29, 0.717) is 0 Å². The maximum absolute atomic E-state index is 12.0. The molecule has 1 unspecified atom stereocenters. The summed E-state index contributed by atoms with van der Waals surface area (Å²) in [5, 5.41) is 10.0. The lowest BCUT2D eigenvalue weighted by Crippen LogP contribution is -2.27. The van der Waals surface area contributed by atoms with Crippen molar-refractivity contribution in [2.24, 2.45) is 0 Å². The average molecular weight is 239 g/mol. The van der Waals surface area contributed by atoms with E-state index < -0.39 is 0 Å². The molecule has 5 heteroatoms. The predicted molar refractivity (Wildman–Crippen MR) is 66.8 cm³/mol. The molecule has 4 nitrogen and oxygen atoms in total. The Morgan fingerprint density at radius 3 is 2.88 bits per heavy atom. The lowest BCUT2D eigenvalue weighted by Gasteiger charge is -2.20. The normalized spacial score (nSPS) is 20.8. The minimum atomic E-state index is 0.113. The molecular formula is C11H17N3OS. The number of rotatable bonds is 2. The molecule has 0 bridgehead atoms. The fraction of sp³-hybridized carbons (Fsp3) is 0.636. The third-order valence-corrected chi connectivity index (χ3v) is 4.22. The van der Waals surface area contributed by atoms with Gasteiger partial charge in [0.2, 0.25) is 5.91 Å². The Morgan fingerprint density at radius 2 is 2.31 bits per heavy atom. The first-order valence-corrected chi connectivity index (χ1v) is 6.67. The van der Waals surface area contributed by atoms with Gasteiger partial charge in [-0.1, -0.05) is 6.42 Å². The Hall–Kier alpha value is -0.970. The molecule has 1 amide bonds. The van der Waals surface area contributed by atoms with Crippen LogP contribution in [0.4, 0.5) is 5.69 Å². The smallest absolute Gasteiger partial charge is 0.237 e. The molecule has 0 spiro atoms. The fourth-order valence-corrected chi connectivity index (χ4v) is 3.09. The molecule has 2 heterocycles. The summed E-state index contributed by atoms with van der Waals surface area (Å²) in [6.07, 6.45) is 3.39. The summed E-state index contributed by atoms with van der Waals surface area (Å²) < 4.78 is 0. The van der Waals surface area contributed by atoms with Crippen LogP contribution in [-0.4, -0.2) is 27.1 Å². The first-order chi connectivity index (χ1) is 7.68. The van der Waals surface area contributed by atoms with E-state index in [1.807, 2.05) is 13.8 Å². The van der Waals surface area contributed by atoms with Gasteiger partial charge in [0.05, 0.1) is 22.3 Å². The van der Waals surface area contributed by atoms with Gasteiger partial charge >= 0.3 is 0 Å². The summed E-state index contributed by atoms with van der Waals surface area (Å²) in [4.78, 5) is 12.0. The average Bonchev–Trinajstić information content (AvgIpc) is 2.62. The number of amides is 1. The summed E-state index contributed by atoms with van der Waals surface area (Å²) in [5.74, 6) is 1.22. The molecule has 1 atom stereocenters. The molecule has 1 fully saturated rings. The van der Waals surface area contributed by atoms with Crippen molar-refractivity contribution < 1.29 is 4.79 Å². The van der Waals surface area contributed by atoms with Crippen molar-refractivity contribution in [3.63, 3.8) is 0 Å². The minimum absolute atomic E-state index is 0.113. The number of anilines is 1. The summed E-state index contributed by atoms with van der Waals surface area (Å²) in [6.45, 7) is 3.82. The van der Waals surface area contributed by atoms with Crippen molar-refractivity contribution >= 4 is 23.4 Å². The van der Waals surface area contributed by atoms with Crippen LogP contribution >= 0.6 is 11.8 Å². The van der Waals surface area contributed by atoms with Crippen LogP contribution in [0.5, 0.6) is 0 Å². The molecule has 2 N–H and O–H groups in total. The number of thioether (sulfide) groups is 1. The number of nitrogens with zero attached hydrogens (tertiary/aromatic N) is 1. The lowest BCUT2D eigenvalue weighted by molar-refractivity contribution is -0.115. The summed E-state index contributed by atoms with van der Waals surface area (Å²) in [5.41, 5.74) is 2.62. The topological polar surface area (TPSA) is 57.8 Å². The van der Waals surface area contributed by atoms with E-state index in [4.69, 9.17) is 0 Å². The quantitative estimate of drug-likeness (QED) is 0.832. The van der Waals surface area contributed by atoms with Gasteiger partial charge in [0.1, 0.15) is 0 Å². The van der Waals surface area contributed by atoms with E-state index in [1.165, 1.54) is 6.42 Å². The number of nitrogens with one attached hydrogen (secondary N) is 2. The van der Waals surface area contributed by atoms with Gasteiger partial charge in [0, 0.05) is 0 Å². The van der Waals surface area contributed by atoms with E-state index >= 15 is 0 Å². The van der Waals surface area contributed by atoms with Crippen molar-refractivity contribution in [3.8, 4) is 0 Å². The first kappa shape index (κ1) is 11.5. The number of aromatic amines is 1. The van der Waals surface area contributed by atoms with Gasteiger partial charge in [-0.25, -0.2) is 0 Å². The molecule has 1 aromatic heterocycles. The van der Waals surface area contributed by atoms with Crippen molar-refractivity contribution in [2.45, 2.75) is 38.4 Å². The SMILES string of the molecule is Cc1n[nH]c(C)c1NC(=O)C1CCCCS1. The standard InChI is InChI=1S/C11H17N3OS/c1-7-10(8(2)14-13-7)12-11(15)9-5-3-4-6-16-9/h9H,3-6H2,1-2H3,(H,12,15)(H,13,14). The number of carbonyl (C=O) groups excluding carboxylic acids is 1. The number of hydrogen-bond donors (Lipinski definition) is 2. The number of aryl methyl sites for hydroxylation is 2. The molecule has 0 aromatic carbocycles. The zero-order chi connectivity index (χ0) is 11.5. The lowest BCUT2D eigenvalue weighted by atomic mass is 10.2. The molecule has 0 saturated carbocycles. The van der Waals surface area contributed by atoms with Crippen molar-refractivity contribution in [1.29, 1.82) is 0 Å². The monoisotopic (exact) mass is 239 g/mol. The second kappa shape index (κ2) is 4.91. The van der Waals surface area contributed by atoms with Gasteiger partial charge in [-0.15, -0.1) is 11.8 Å². The maximum Gasteiger partial charge on any atom is 0.237 e. The summed E-state index contributed by atoms with van der Waals surface area (Å²) >= 11 is 1.76. The van der Waals surface area contributed by atoms with Crippen LogP contribution in [0.25, 0.3) is 0 Å². The molecule has 1 aliphatic rings. The van der Waals surface area contributed by atoms with Crippen LogP contribution in [0.1, 0.15) is 30.7 Å². The van der Waals surface area contributed by atoms with E-state index in [0.717, 1.165) is 35.7 Å². The van der Waals surface area contributed by atoms with E-state index in [1.54, 1.807) is 11.8 Å². The molecule has 88 valence electrons. The van der Waals surface area contributed by atoms with Gasteiger partial charge in [-0.2, -0.15) is 5.10 Å². The van der Waals surface area contributed by atoms with E-state index in [-0.39, 0.29) is 11.2 Å². The molecular weight excluding hydrogens is 222 g/mol. The molecule has 0 aliphatic carbocycles. The van der Waals surface area contributed by atoms with Crippen LogP contribution in [0.3, 0.4) is 0 Å². The van der Waals surface area contributed by atoms with Crippen LogP contribution in [0.15, 0.2) is 0 Å². The maximum atomic E-state index is 12.0. The Kier molecular flexibility index (Phi) is 3.53. The zero-order valence-electron chi connectivity index (χ0n) is 9.67. The number of hydrogen-bond acceptors (Lipinski definition) is 3. The molecule has 0 radical (unpaired) electrons. The Balaban J connectivity index is 2.01. The molecule has 16 heavy (non-hydrogen) atoms. The molecule has 2 rings (SSSR count). The Labute approximate surface area is 99.6 Å². The third-order valence-electron chi connectivity index (χ3n) is 2.85. The molecule has 1 aliphatic heterocycles. The van der Waals surface area contributed by atoms with E-state index in [2.05, 4.69) is 15.5 Å². The summed E-state index contributed by atoms with van der Waals surface area (Å²) in [6, 6.07) is 0. The highest BCUT2D eigenvalue weighted by Crippen LogP contribution is 2.27. The van der Waals surface area contributed by atoms with Crippen LogP contribution in [0, 0.1) is 13.8 Å². The van der Waals surface area contributed by atoms with E-state index in [9.17, 15) is 4.79 Å². The minimum Gasteiger partial charge on any atom is -0.322 e. The van der Waals surface area contributed by atoms with Crippen LogP contribution in [0.2, 0.25) is 0 Å². The van der Waals surface area contributed by atoms with Gasteiger partial charge < -0.3 is 5.32 Å². The van der Waals surface area contributed by atoms with Crippen LogP contribution in [-0.2, 0) is 4.79 Å². The Bertz CT molecular complexity index is 363. The predicted octanol–water partition coefficient (Wildman–Crippen LogP) is 2.25. The first-order valence-electron chi connectivity index (χ1n) is 5.62. The number of H-pyrrole nitrogens is 1. The zero-order valence-corrected chi connectivity index (χ0v) is 10.5. The number of carbonyl (C=O) groups is 1. The Morgan fingerprint density at radius 1 is 1.50 bits per heavy atom. The highest BCUT2D eigenvalue weighted by molar-refractivity contribution is 8.00. The second-order valence-electron chi connectivity index (χ2n) is 4.15. The largest absolute Gasteiger partial charge is 0.322 e. The fourth-order valence-electron chi connectivity index (χ4n) is 1.89. The molecule has 1 aromatic rings. The van der Waals surface area contributed by atoms with Crippen molar-refractivity contribution in [1.82, 2.24) is 10.2 Å². The highest BCUT2D eigenvalue weighted by atomic mass is 32.2. The van der Waals surface area contributed by atoms with Crippen molar-refractivity contribution in [2.75, 3.05) is 11.1 Å². The van der Waals surface area contributed by atoms with Crippen LogP contribution < -0.4 is 5.32 Å². The third kappa shape index (κ3) is 2.40. The van der Waals surface area contributed by atoms with Gasteiger partial charge in [-0.3, -0.25) is 9.89 Å². The molecule has 1 saturated heterocycles. The number of aromatic nitrogens is 2. The second-order valence-corrected chi connectivity index (χ2v) is 5.46. The van der Waals surface area contributed by atoms with Crippen molar-refractivity contribution in [3.05, 3.63) is 11.4 Å². The highest BCUT2D eigenvalue weighted by Gasteiger charge is 2.23. The van der Waals surface area contributed by atoms with Gasteiger partial charge in [0.15, 0.2) is 0 Å².